The molecule has 1 amide bonds. The van der Waals surface area contributed by atoms with E-state index in [2.05, 4.69) is 26.4 Å². The molecule has 6 nitrogen and oxygen atoms in total. The van der Waals surface area contributed by atoms with Crippen LogP contribution in [-0.2, 0) is 6.54 Å². The molecule has 0 atom stereocenters. The van der Waals surface area contributed by atoms with Crippen molar-refractivity contribution in [2.24, 2.45) is 5.92 Å². The second-order valence-electron chi connectivity index (χ2n) is 7.77. The van der Waals surface area contributed by atoms with E-state index in [1.165, 1.54) is 32.1 Å². The van der Waals surface area contributed by atoms with Gasteiger partial charge in [-0.15, -0.1) is 17.9 Å². The fourth-order valence-electron chi connectivity index (χ4n) is 4.13. The molecular formula is C23H27N5OS. The van der Waals surface area contributed by atoms with Crippen LogP contribution in [0.25, 0.3) is 22.1 Å². The summed E-state index contributed by atoms with van der Waals surface area (Å²) < 4.78 is 2.29. The Bertz CT molecular complexity index is 1020. The Labute approximate surface area is 181 Å². The van der Waals surface area contributed by atoms with Crippen LogP contribution in [0.1, 0.15) is 48.2 Å². The number of aromatic nitrogens is 4. The molecule has 0 aromatic carbocycles. The van der Waals surface area contributed by atoms with Crippen LogP contribution in [0.15, 0.2) is 42.7 Å². The number of hydrogen-bond acceptors (Lipinski definition) is 5. The number of carbonyl (C=O) groups is 1. The summed E-state index contributed by atoms with van der Waals surface area (Å²) in [5.74, 6) is 0.575. The third-order valence-corrected chi connectivity index (χ3v) is 6.60. The summed E-state index contributed by atoms with van der Waals surface area (Å²) in [5.41, 5.74) is 4.33. The summed E-state index contributed by atoms with van der Waals surface area (Å²) in [6.45, 7) is 7.10. The molecule has 3 aromatic heterocycles. The SMILES string of the molecule is C=CCNC(=O)c1cc(-c2csc(-c3cnccn3)n2)n(CC2CCCCC2)c1C. The Morgan fingerprint density at radius 1 is 1.30 bits per heavy atom. The maximum Gasteiger partial charge on any atom is 0.253 e. The highest BCUT2D eigenvalue weighted by molar-refractivity contribution is 7.13. The predicted octanol–water partition coefficient (Wildman–Crippen LogP) is 4.87. The Hall–Kier alpha value is -2.80. The monoisotopic (exact) mass is 421 g/mol. The number of carbonyl (C=O) groups excluding carboxylic acids is 1. The third-order valence-electron chi connectivity index (χ3n) is 5.73. The maximum absolute atomic E-state index is 12.7. The van der Waals surface area contributed by atoms with E-state index >= 15 is 0 Å². The van der Waals surface area contributed by atoms with Crippen LogP contribution in [-0.4, -0.2) is 32.0 Å². The summed E-state index contributed by atoms with van der Waals surface area (Å²) in [6.07, 6.45) is 13.2. The van der Waals surface area contributed by atoms with Crippen molar-refractivity contribution in [3.05, 3.63) is 53.9 Å². The average molecular weight is 422 g/mol. The van der Waals surface area contributed by atoms with Crippen LogP contribution in [0.2, 0.25) is 0 Å². The highest BCUT2D eigenvalue weighted by Gasteiger charge is 2.23. The van der Waals surface area contributed by atoms with Gasteiger partial charge in [-0.3, -0.25) is 14.8 Å². The average Bonchev–Trinajstić information content (AvgIpc) is 3.39. The molecule has 3 aromatic rings. The van der Waals surface area contributed by atoms with E-state index in [0.29, 0.717) is 18.0 Å². The first-order valence-corrected chi connectivity index (χ1v) is 11.4. The zero-order valence-electron chi connectivity index (χ0n) is 17.3. The van der Waals surface area contributed by atoms with Gasteiger partial charge in [-0.2, -0.15) is 0 Å². The number of rotatable bonds is 7. The van der Waals surface area contributed by atoms with Gasteiger partial charge in [0, 0.05) is 36.6 Å². The molecule has 0 bridgehead atoms. The van der Waals surface area contributed by atoms with Crippen molar-refractivity contribution < 1.29 is 4.79 Å². The molecule has 1 N–H and O–H groups in total. The zero-order chi connectivity index (χ0) is 20.9. The summed E-state index contributed by atoms with van der Waals surface area (Å²) in [6, 6.07) is 1.98. The standard InChI is InChI=1S/C23H27N5OS/c1-3-9-26-22(29)18-12-21(28(16(18)2)14-17-7-5-4-6-8-17)20-15-30-23(27-20)19-13-24-10-11-25-19/h3,10-13,15,17H,1,4-9,14H2,2H3,(H,26,29). The molecule has 30 heavy (non-hydrogen) atoms. The molecule has 1 saturated carbocycles. The molecule has 3 heterocycles. The largest absolute Gasteiger partial charge is 0.349 e. The molecule has 0 aliphatic heterocycles. The normalized spacial score (nSPS) is 14.6. The van der Waals surface area contributed by atoms with Gasteiger partial charge in [0.25, 0.3) is 5.91 Å². The molecule has 0 unspecified atom stereocenters. The van der Waals surface area contributed by atoms with E-state index in [1.54, 1.807) is 36.0 Å². The van der Waals surface area contributed by atoms with E-state index in [-0.39, 0.29) is 5.91 Å². The first-order chi connectivity index (χ1) is 14.7. The molecule has 1 aliphatic rings. The lowest BCUT2D eigenvalue weighted by molar-refractivity contribution is 0.0957. The Morgan fingerprint density at radius 2 is 2.13 bits per heavy atom. The molecule has 1 aliphatic carbocycles. The molecule has 0 saturated heterocycles. The summed E-state index contributed by atoms with van der Waals surface area (Å²) >= 11 is 1.55. The number of hydrogen-bond donors (Lipinski definition) is 1. The van der Waals surface area contributed by atoms with Crippen LogP contribution in [0.3, 0.4) is 0 Å². The smallest absolute Gasteiger partial charge is 0.253 e. The molecule has 4 rings (SSSR count). The second kappa shape index (κ2) is 9.34. The van der Waals surface area contributed by atoms with Crippen molar-refractivity contribution in [3.8, 4) is 22.1 Å². The van der Waals surface area contributed by atoms with Crippen LogP contribution < -0.4 is 5.32 Å². The highest BCUT2D eigenvalue weighted by Crippen LogP contribution is 2.33. The summed E-state index contributed by atoms with van der Waals surface area (Å²) in [5, 5.41) is 5.79. The van der Waals surface area contributed by atoms with Crippen molar-refractivity contribution in [1.82, 2.24) is 24.8 Å². The topological polar surface area (TPSA) is 72.7 Å². The predicted molar refractivity (Wildman–Crippen MR) is 120 cm³/mol. The van der Waals surface area contributed by atoms with E-state index in [9.17, 15) is 4.79 Å². The van der Waals surface area contributed by atoms with Gasteiger partial charge in [-0.1, -0.05) is 25.3 Å². The van der Waals surface area contributed by atoms with Crippen molar-refractivity contribution in [2.45, 2.75) is 45.6 Å². The fraction of sp³-hybridized carbons (Fsp3) is 0.391. The van der Waals surface area contributed by atoms with E-state index < -0.39 is 0 Å². The molecule has 156 valence electrons. The summed E-state index contributed by atoms with van der Waals surface area (Å²) in [7, 11) is 0. The Morgan fingerprint density at radius 3 is 2.87 bits per heavy atom. The van der Waals surface area contributed by atoms with Gasteiger partial charge >= 0.3 is 0 Å². The van der Waals surface area contributed by atoms with Crippen molar-refractivity contribution in [3.63, 3.8) is 0 Å². The Kier molecular flexibility index (Phi) is 6.38. The minimum atomic E-state index is -0.0691. The number of amides is 1. The van der Waals surface area contributed by atoms with E-state index in [0.717, 1.165) is 34.3 Å². The molecule has 0 radical (unpaired) electrons. The van der Waals surface area contributed by atoms with Crippen molar-refractivity contribution >= 4 is 17.2 Å². The molecule has 0 spiro atoms. The maximum atomic E-state index is 12.7. The van der Waals surface area contributed by atoms with E-state index in [1.807, 2.05) is 18.4 Å². The third kappa shape index (κ3) is 4.36. The van der Waals surface area contributed by atoms with Gasteiger partial charge in [-0.25, -0.2) is 4.98 Å². The number of nitrogens with one attached hydrogen (secondary N) is 1. The van der Waals surface area contributed by atoms with Gasteiger partial charge in [0.15, 0.2) is 0 Å². The number of nitrogens with zero attached hydrogens (tertiary/aromatic N) is 4. The van der Waals surface area contributed by atoms with Crippen LogP contribution >= 0.6 is 11.3 Å². The summed E-state index contributed by atoms with van der Waals surface area (Å²) in [4.78, 5) is 26.1. The quantitative estimate of drug-likeness (QED) is 0.552. The Balaban J connectivity index is 1.70. The van der Waals surface area contributed by atoms with Gasteiger partial charge in [0.1, 0.15) is 10.7 Å². The van der Waals surface area contributed by atoms with Gasteiger partial charge in [-0.05, 0) is 31.7 Å². The van der Waals surface area contributed by atoms with Gasteiger partial charge < -0.3 is 9.88 Å². The minimum absolute atomic E-state index is 0.0691. The van der Waals surface area contributed by atoms with E-state index in [4.69, 9.17) is 4.98 Å². The zero-order valence-corrected chi connectivity index (χ0v) is 18.1. The minimum Gasteiger partial charge on any atom is -0.349 e. The molecular weight excluding hydrogens is 394 g/mol. The highest BCUT2D eigenvalue weighted by atomic mass is 32.1. The van der Waals surface area contributed by atoms with Crippen molar-refractivity contribution in [1.29, 1.82) is 0 Å². The second-order valence-corrected chi connectivity index (χ2v) is 8.63. The van der Waals surface area contributed by atoms with Crippen molar-refractivity contribution in [2.75, 3.05) is 6.54 Å². The first-order valence-electron chi connectivity index (χ1n) is 10.5. The lowest BCUT2D eigenvalue weighted by Crippen LogP contribution is -2.24. The van der Waals surface area contributed by atoms with Crippen LogP contribution in [0.5, 0.6) is 0 Å². The molecule has 7 heteroatoms. The fourth-order valence-corrected chi connectivity index (χ4v) is 4.90. The van der Waals surface area contributed by atoms with Gasteiger partial charge in [0.05, 0.1) is 23.1 Å². The lowest BCUT2D eigenvalue weighted by atomic mass is 9.89. The molecule has 1 fully saturated rings. The van der Waals surface area contributed by atoms with Gasteiger partial charge in [0.2, 0.25) is 0 Å². The van der Waals surface area contributed by atoms with Crippen LogP contribution in [0.4, 0.5) is 0 Å². The first kappa shape index (κ1) is 20.5. The number of thiazole rings is 1. The lowest BCUT2D eigenvalue weighted by Gasteiger charge is -2.24. The van der Waals surface area contributed by atoms with Crippen LogP contribution in [0, 0.1) is 12.8 Å².